The monoisotopic (exact) mass is 346 g/mol. The number of rotatable bonds is 5. The van der Waals surface area contributed by atoms with Gasteiger partial charge in [0.25, 0.3) is 0 Å². The van der Waals surface area contributed by atoms with Gasteiger partial charge >= 0.3 is 0 Å². The first-order valence-corrected chi connectivity index (χ1v) is 10.3. The minimum Gasteiger partial charge on any atom is -0.225 e. The molecule has 8 heteroatoms. The maximum absolute atomic E-state index is 12.6. The van der Waals surface area contributed by atoms with E-state index in [4.69, 9.17) is 5.14 Å². The Kier molecular flexibility index (Phi) is 5.26. The van der Waals surface area contributed by atoms with Gasteiger partial charge < -0.3 is 0 Å². The first-order valence-electron chi connectivity index (χ1n) is 7.30. The summed E-state index contributed by atoms with van der Waals surface area (Å²) >= 11 is 0. The minimum atomic E-state index is -3.92. The highest BCUT2D eigenvalue weighted by atomic mass is 32.2. The molecule has 6 nitrogen and oxygen atoms in total. The molecule has 0 aromatic heterocycles. The number of hydrogen-bond donors (Lipinski definition) is 1. The highest BCUT2D eigenvalue weighted by molar-refractivity contribution is 7.90. The van der Waals surface area contributed by atoms with Crippen molar-refractivity contribution >= 4 is 20.0 Å². The number of hydrogen-bond acceptors (Lipinski definition) is 4. The summed E-state index contributed by atoms with van der Waals surface area (Å²) in [5.74, 6) is 0.370. The Balaban J connectivity index is 2.22. The predicted octanol–water partition coefficient (Wildman–Crippen LogP) is 1.53. The maximum atomic E-state index is 12.6. The minimum absolute atomic E-state index is 0.0441. The second-order valence-corrected chi connectivity index (χ2v) is 9.42. The fourth-order valence-corrected chi connectivity index (χ4v) is 4.75. The van der Waals surface area contributed by atoms with E-state index in [-0.39, 0.29) is 9.79 Å². The summed E-state index contributed by atoms with van der Waals surface area (Å²) in [6, 6.07) is 5.18. The van der Waals surface area contributed by atoms with Gasteiger partial charge in [-0.05, 0) is 37.0 Å². The second-order valence-electron chi connectivity index (χ2n) is 5.81. The summed E-state index contributed by atoms with van der Waals surface area (Å²) in [7, 11) is -6.09. The van der Waals surface area contributed by atoms with Crippen LogP contribution in [0.4, 0.5) is 0 Å². The number of nitrogens with zero attached hydrogens (tertiary/aromatic N) is 1. The Morgan fingerprint density at radius 2 is 1.68 bits per heavy atom. The van der Waals surface area contributed by atoms with E-state index in [1.165, 1.54) is 36.0 Å². The molecule has 0 saturated heterocycles. The molecule has 0 radical (unpaired) electrons. The van der Waals surface area contributed by atoms with Gasteiger partial charge in [0.1, 0.15) is 0 Å². The van der Waals surface area contributed by atoms with Gasteiger partial charge in [-0.3, -0.25) is 0 Å². The Morgan fingerprint density at radius 3 is 2.27 bits per heavy atom. The van der Waals surface area contributed by atoms with Crippen LogP contribution in [0.25, 0.3) is 0 Å². The van der Waals surface area contributed by atoms with E-state index < -0.39 is 20.0 Å². The molecule has 1 aliphatic carbocycles. The fourth-order valence-electron chi connectivity index (χ4n) is 2.82. The lowest BCUT2D eigenvalue weighted by Crippen LogP contribution is -2.32. The van der Waals surface area contributed by atoms with Crippen molar-refractivity contribution in [1.29, 1.82) is 0 Å². The third-order valence-corrected chi connectivity index (χ3v) is 6.81. The number of sulfonamides is 2. The van der Waals surface area contributed by atoms with Gasteiger partial charge in [-0.25, -0.2) is 26.3 Å². The van der Waals surface area contributed by atoms with Crippen molar-refractivity contribution in [2.24, 2.45) is 11.1 Å². The van der Waals surface area contributed by atoms with Gasteiger partial charge in [0.05, 0.1) is 9.79 Å². The molecule has 0 amide bonds. The standard InChI is InChI=1S/C14H22N2O4S2/c1-16(11-12-6-3-2-4-7-12)22(19,20)14-9-5-8-13(10-14)21(15,17)18/h5,8-10,12H,2-4,6-7,11H2,1H3,(H2,15,17,18). The smallest absolute Gasteiger partial charge is 0.225 e. The summed E-state index contributed by atoms with van der Waals surface area (Å²) in [4.78, 5) is -0.239. The Morgan fingerprint density at radius 1 is 1.09 bits per heavy atom. The van der Waals surface area contributed by atoms with Crippen LogP contribution >= 0.6 is 0 Å². The SMILES string of the molecule is CN(CC1CCCCC1)S(=O)(=O)c1cccc(S(N)(=O)=O)c1. The molecule has 0 bridgehead atoms. The summed E-state index contributed by atoms with van der Waals surface area (Å²) in [5, 5.41) is 5.06. The number of benzene rings is 1. The molecule has 0 spiro atoms. The topological polar surface area (TPSA) is 97.5 Å². The maximum Gasteiger partial charge on any atom is 0.242 e. The second kappa shape index (κ2) is 6.66. The summed E-state index contributed by atoms with van der Waals surface area (Å²) < 4.78 is 49.2. The highest BCUT2D eigenvalue weighted by Crippen LogP contribution is 2.26. The van der Waals surface area contributed by atoms with E-state index in [0.29, 0.717) is 12.5 Å². The van der Waals surface area contributed by atoms with Crippen LogP contribution in [0.2, 0.25) is 0 Å². The quantitative estimate of drug-likeness (QED) is 0.874. The number of nitrogens with two attached hydrogens (primary N) is 1. The van der Waals surface area contributed by atoms with Crippen molar-refractivity contribution in [3.8, 4) is 0 Å². The van der Waals surface area contributed by atoms with Crippen LogP contribution in [0.5, 0.6) is 0 Å². The highest BCUT2D eigenvalue weighted by Gasteiger charge is 2.25. The van der Waals surface area contributed by atoms with E-state index in [0.717, 1.165) is 31.7 Å². The average molecular weight is 346 g/mol. The Bertz CT molecular complexity index is 723. The third kappa shape index (κ3) is 4.07. The molecule has 2 N–H and O–H groups in total. The van der Waals surface area contributed by atoms with Gasteiger partial charge in [-0.1, -0.05) is 25.3 Å². The molecule has 0 aliphatic heterocycles. The van der Waals surface area contributed by atoms with Crippen molar-refractivity contribution in [2.75, 3.05) is 13.6 Å². The molecule has 1 saturated carbocycles. The predicted molar refractivity (Wildman–Crippen MR) is 84.2 cm³/mol. The van der Waals surface area contributed by atoms with Gasteiger partial charge in [0, 0.05) is 13.6 Å². The molecule has 1 fully saturated rings. The van der Waals surface area contributed by atoms with E-state index >= 15 is 0 Å². The van der Waals surface area contributed by atoms with Crippen molar-refractivity contribution < 1.29 is 16.8 Å². The van der Waals surface area contributed by atoms with Gasteiger partial charge in [0.2, 0.25) is 20.0 Å². The Hall–Kier alpha value is -0.960. The van der Waals surface area contributed by atoms with Crippen LogP contribution in [0, 0.1) is 5.92 Å². The van der Waals surface area contributed by atoms with Crippen molar-refractivity contribution in [2.45, 2.75) is 41.9 Å². The zero-order valence-electron chi connectivity index (χ0n) is 12.6. The lowest BCUT2D eigenvalue weighted by Gasteiger charge is -2.26. The molecular formula is C14H22N2O4S2. The molecule has 2 rings (SSSR count). The van der Waals surface area contributed by atoms with Gasteiger partial charge in [-0.15, -0.1) is 0 Å². The van der Waals surface area contributed by atoms with Crippen LogP contribution in [0.1, 0.15) is 32.1 Å². The van der Waals surface area contributed by atoms with E-state index in [2.05, 4.69) is 0 Å². The zero-order chi connectivity index (χ0) is 16.4. The van der Waals surface area contributed by atoms with E-state index in [1.807, 2.05) is 0 Å². The normalized spacial score (nSPS) is 17.8. The Labute approximate surface area is 132 Å². The number of primary sulfonamides is 1. The zero-order valence-corrected chi connectivity index (χ0v) is 14.2. The largest absolute Gasteiger partial charge is 0.242 e. The summed E-state index contributed by atoms with van der Waals surface area (Å²) in [6.07, 6.45) is 5.57. The molecule has 1 aromatic rings. The molecule has 1 aromatic carbocycles. The van der Waals surface area contributed by atoms with Crippen molar-refractivity contribution in [3.05, 3.63) is 24.3 Å². The van der Waals surface area contributed by atoms with Gasteiger partial charge in [-0.2, -0.15) is 0 Å². The lowest BCUT2D eigenvalue weighted by molar-refractivity contribution is 0.300. The van der Waals surface area contributed by atoms with E-state index in [9.17, 15) is 16.8 Å². The molecule has 0 heterocycles. The first kappa shape index (κ1) is 17.4. The molecule has 124 valence electrons. The van der Waals surface area contributed by atoms with Crippen molar-refractivity contribution in [1.82, 2.24) is 4.31 Å². The molecular weight excluding hydrogens is 324 g/mol. The molecule has 1 aliphatic rings. The van der Waals surface area contributed by atoms with Crippen LogP contribution in [-0.2, 0) is 20.0 Å². The van der Waals surface area contributed by atoms with Crippen LogP contribution in [0.15, 0.2) is 34.1 Å². The summed E-state index contributed by atoms with van der Waals surface area (Å²) in [6.45, 7) is 0.460. The fraction of sp³-hybridized carbons (Fsp3) is 0.571. The van der Waals surface area contributed by atoms with E-state index in [1.54, 1.807) is 0 Å². The van der Waals surface area contributed by atoms with Crippen molar-refractivity contribution in [3.63, 3.8) is 0 Å². The average Bonchev–Trinajstić information content (AvgIpc) is 2.47. The summed E-state index contributed by atoms with van der Waals surface area (Å²) in [5.41, 5.74) is 0. The molecule has 22 heavy (non-hydrogen) atoms. The van der Waals surface area contributed by atoms with Crippen LogP contribution in [0.3, 0.4) is 0 Å². The molecule has 0 unspecified atom stereocenters. The first-order chi connectivity index (χ1) is 10.2. The lowest BCUT2D eigenvalue weighted by atomic mass is 9.89. The van der Waals surface area contributed by atoms with Gasteiger partial charge in [0.15, 0.2) is 0 Å². The molecule has 0 atom stereocenters. The van der Waals surface area contributed by atoms with Crippen LogP contribution in [-0.4, -0.2) is 34.7 Å². The van der Waals surface area contributed by atoms with Crippen LogP contribution < -0.4 is 5.14 Å². The third-order valence-electron chi connectivity index (χ3n) is 4.08.